The molecule has 3 fully saturated rings. The number of hydrogen-bond donors (Lipinski definition) is 5. The second-order valence-corrected chi connectivity index (χ2v) is 15.6. The van der Waals surface area contributed by atoms with Gasteiger partial charge in [0.05, 0.1) is 16.9 Å². The van der Waals surface area contributed by atoms with Gasteiger partial charge in [-0.05, 0) is 86.2 Å². The van der Waals surface area contributed by atoms with Gasteiger partial charge in [0, 0.05) is 112 Å². The van der Waals surface area contributed by atoms with Gasteiger partial charge in [-0.15, -0.1) is 0 Å². The monoisotopic (exact) mass is 752 g/mol. The first-order valence-corrected chi connectivity index (χ1v) is 19.5. The molecule has 1 unspecified atom stereocenters. The number of rotatable bonds is 9. The minimum atomic E-state index is -1.34. The Hall–Kier alpha value is -5.23. The van der Waals surface area contributed by atoms with Crippen LogP contribution in [0.15, 0.2) is 84.5 Å². The van der Waals surface area contributed by atoms with Crippen LogP contribution < -0.4 is 22.5 Å². The molecule has 0 saturated carbocycles. The van der Waals surface area contributed by atoms with E-state index in [1.165, 1.54) is 5.56 Å². The van der Waals surface area contributed by atoms with Crippen LogP contribution in [0.1, 0.15) is 77.5 Å². The van der Waals surface area contributed by atoms with Crippen molar-refractivity contribution < 1.29 is 18.7 Å². The average molecular weight is 753 g/mol. The summed E-state index contributed by atoms with van der Waals surface area (Å²) in [6.07, 6.45) is 8.03. The number of aromatic hydroxyl groups is 1. The first-order valence-electron chi connectivity index (χ1n) is 19.5. The first kappa shape index (κ1) is 38.1. The van der Waals surface area contributed by atoms with Crippen LogP contribution in [0.25, 0.3) is 16.6 Å². The number of carbonyl (C=O) groups is 1. The molecule has 292 valence electrons. The number of aryl methyl sites for hydroxylation is 1. The quantitative estimate of drug-likeness (QED) is 0.124. The number of allylic oxidation sites excluding steroid dienone is 1. The number of phenols is 1. The Labute approximate surface area is 322 Å². The van der Waals surface area contributed by atoms with Gasteiger partial charge in [0.2, 0.25) is 0 Å². The lowest BCUT2D eigenvalue weighted by Crippen LogP contribution is -2.51. The standard InChI is InChI=1S/C43H54F2N8O2/c1-28-22-30(9-10-33(28)31-6-5-16-52(26-31)39(41(47)48)25-36(46)34-7-3-4-8-40(34)54)42(55)51-20-14-43(45,15-21-51)27-50-17-12-32(13-18-50)53-19-11-29-23-37(49-2)35(44)24-38(29)53/h3-4,7-11,19,22-25,31-32,49,54H,5-6,12-18,20-21,26-27,46-48H2,1-2H3/b36-25-. The number of aromatic nitrogens is 1. The van der Waals surface area contributed by atoms with Gasteiger partial charge >= 0.3 is 0 Å². The molecule has 3 aromatic carbocycles. The number of amides is 1. The molecule has 1 aromatic heterocycles. The van der Waals surface area contributed by atoms with Crippen LogP contribution in [0, 0.1) is 12.7 Å². The number of alkyl halides is 1. The van der Waals surface area contributed by atoms with Crippen LogP contribution in [0.2, 0.25) is 0 Å². The van der Waals surface area contributed by atoms with Gasteiger partial charge in [-0.3, -0.25) is 4.79 Å². The number of piperidine rings is 3. The third kappa shape index (κ3) is 8.10. The van der Waals surface area contributed by atoms with Crippen LogP contribution in [0.4, 0.5) is 14.5 Å². The summed E-state index contributed by atoms with van der Waals surface area (Å²) < 4.78 is 33.0. The Kier molecular flexibility index (Phi) is 11.0. The molecule has 10 nitrogen and oxygen atoms in total. The van der Waals surface area contributed by atoms with Crippen molar-refractivity contribution in [1.82, 2.24) is 19.3 Å². The highest BCUT2D eigenvalue weighted by molar-refractivity contribution is 5.94. The number of nitrogens with two attached hydrogens (primary N) is 3. The van der Waals surface area contributed by atoms with E-state index < -0.39 is 5.67 Å². The van der Waals surface area contributed by atoms with Gasteiger partial charge in [-0.25, -0.2) is 8.78 Å². The second-order valence-electron chi connectivity index (χ2n) is 15.6. The summed E-state index contributed by atoms with van der Waals surface area (Å²) in [5.41, 5.74) is 23.1. The van der Waals surface area contributed by atoms with E-state index >= 15 is 4.39 Å². The molecule has 3 aliphatic heterocycles. The van der Waals surface area contributed by atoms with Crippen LogP contribution >= 0.6 is 0 Å². The molecule has 7 rings (SSSR count). The number of likely N-dealkylation sites (tertiary alicyclic amines) is 3. The maximum atomic E-state index is 16.2. The molecule has 1 atom stereocenters. The zero-order chi connectivity index (χ0) is 38.9. The van der Waals surface area contributed by atoms with E-state index in [1.807, 2.05) is 43.5 Å². The number of nitrogens with one attached hydrogen (secondary N) is 1. The number of carbonyl (C=O) groups excluding carboxylic acids is 1. The van der Waals surface area contributed by atoms with Crippen molar-refractivity contribution in [3.05, 3.63) is 113 Å². The van der Waals surface area contributed by atoms with E-state index in [0.29, 0.717) is 67.2 Å². The molecule has 3 aliphatic rings. The third-order valence-electron chi connectivity index (χ3n) is 12.0. The Balaban J connectivity index is 0.928. The average Bonchev–Trinajstić information content (AvgIpc) is 3.59. The number of halogens is 2. The molecule has 1 amide bonds. The summed E-state index contributed by atoms with van der Waals surface area (Å²) in [7, 11) is 1.72. The van der Waals surface area contributed by atoms with E-state index in [1.54, 1.807) is 42.3 Å². The lowest BCUT2D eigenvalue weighted by atomic mass is 9.86. The molecule has 4 aromatic rings. The highest BCUT2D eigenvalue weighted by Gasteiger charge is 2.39. The van der Waals surface area contributed by atoms with Gasteiger partial charge in [-0.2, -0.15) is 0 Å². The van der Waals surface area contributed by atoms with E-state index in [-0.39, 0.29) is 35.3 Å². The molecule has 12 heteroatoms. The van der Waals surface area contributed by atoms with E-state index in [2.05, 4.69) is 25.8 Å². The molecule has 3 saturated heterocycles. The number of anilines is 1. The van der Waals surface area contributed by atoms with Gasteiger partial charge < -0.3 is 46.9 Å². The number of benzene rings is 3. The summed E-state index contributed by atoms with van der Waals surface area (Å²) in [5.74, 6) is 0.104. The summed E-state index contributed by atoms with van der Waals surface area (Å²) in [5, 5.41) is 14.2. The molecule has 55 heavy (non-hydrogen) atoms. The number of phenolic OH excluding ortho intramolecular Hbond substituents is 1. The summed E-state index contributed by atoms with van der Waals surface area (Å²) in [4.78, 5) is 19.8. The fourth-order valence-corrected chi connectivity index (χ4v) is 8.91. The summed E-state index contributed by atoms with van der Waals surface area (Å²) in [6.45, 7) is 6.16. The molecular weight excluding hydrogens is 699 g/mol. The number of nitrogens with zero attached hydrogens (tertiary/aromatic N) is 4. The van der Waals surface area contributed by atoms with Crippen molar-refractivity contribution >= 4 is 28.2 Å². The maximum Gasteiger partial charge on any atom is 0.253 e. The molecule has 0 aliphatic carbocycles. The number of fused-ring (bicyclic) bond motifs is 1. The Morgan fingerprint density at radius 3 is 2.40 bits per heavy atom. The SMILES string of the molecule is CNc1cc2ccn(C3CCN(CC4(F)CCN(C(=O)c5ccc(C6CCCN(C(/C=C(\N)c7ccccc7O)=C(N)N)C6)c(C)c5)CC4)CC3)c2cc1F. The van der Waals surface area contributed by atoms with Crippen LogP contribution in [-0.2, 0) is 0 Å². The maximum absolute atomic E-state index is 16.2. The Morgan fingerprint density at radius 2 is 1.71 bits per heavy atom. The second kappa shape index (κ2) is 15.9. The minimum absolute atomic E-state index is 0.0640. The minimum Gasteiger partial charge on any atom is -0.507 e. The molecule has 0 spiro atoms. The fraction of sp³-hybridized carbons (Fsp3) is 0.419. The lowest BCUT2D eigenvalue weighted by molar-refractivity contribution is 0.0158. The van der Waals surface area contributed by atoms with E-state index in [0.717, 1.165) is 61.8 Å². The van der Waals surface area contributed by atoms with E-state index in [9.17, 15) is 14.3 Å². The van der Waals surface area contributed by atoms with E-state index in [4.69, 9.17) is 17.2 Å². The van der Waals surface area contributed by atoms with Gasteiger partial charge in [0.25, 0.3) is 5.91 Å². The molecule has 0 bridgehead atoms. The Morgan fingerprint density at radius 1 is 0.964 bits per heavy atom. The van der Waals surface area contributed by atoms with Crippen molar-refractivity contribution in [2.75, 3.05) is 58.2 Å². The van der Waals surface area contributed by atoms with Crippen LogP contribution in [-0.4, -0.2) is 88.8 Å². The van der Waals surface area contributed by atoms with Crippen molar-refractivity contribution in [1.29, 1.82) is 0 Å². The van der Waals surface area contributed by atoms with Crippen molar-refractivity contribution in [3.63, 3.8) is 0 Å². The normalized spacial score (nSPS) is 19.8. The van der Waals surface area contributed by atoms with Gasteiger partial charge in [-0.1, -0.05) is 18.2 Å². The first-order chi connectivity index (χ1) is 26.4. The third-order valence-corrected chi connectivity index (χ3v) is 12.0. The number of hydrogen-bond acceptors (Lipinski definition) is 8. The molecule has 8 N–H and O–H groups in total. The van der Waals surface area contributed by atoms with Crippen molar-refractivity contribution in [2.45, 2.75) is 63.1 Å². The molecule has 4 heterocycles. The molecular formula is C43H54F2N8O2. The predicted octanol–water partition coefficient (Wildman–Crippen LogP) is 6.38. The summed E-state index contributed by atoms with van der Waals surface area (Å²) in [6, 6.07) is 18.5. The van der Waals surface area contributed by atoms with Crippen molar-refractivity contribution in [3.8, 4) is 5.75 Å². The largest absolute Gasteiger partial charge is 0.507 e. The predicted molar refractivity (Wildman–Crippen MR) is 216 cm³/mol. The highest BCUT2D eigenvalue weighted by atomic mass is 19.1. The van der Waals surface area contributed by atoms with Crippen molar-refractivity contribution in [2.24, 2.45) is 17.2 Å². The zero-order valence-corrected chi connectivity index (χ0v) is 31.9. The van der Waals surface area contributed by atoms with Crippen LogP contribution in [0.3, 0.4) is 0 Å². The van der Waals surface area contributed by atoms with Gasteiger partial charge in [0.1, 0.15) is 23.1 Å². The highest BCUT2D eigenvalue weighted by Crippen LogP contribution is 2.36. The lowest BCUT2D eigenvalue weighted by Gasteiger charge is -2.41. The van der Waals surface area contributed by atoms with Gasteiger partial charge in [0.15, 0.2) is 0 Å². The zero-order valence-electron chi connectivity index (χ0n) is 31.9. The smallest absolute Gasteiger partial charge is 0.253 e. The topological polar surface area (TPSA) is 142 Å². The Bertz CT molecular complexity index is 2090. The van der Waals surface area contributed by atoms with Crippen LogP contribution in [0.5, 0.6) is 5.75 Å². The number of para-hydroxylation sites is 1. The fourth-order valence-electron chi connectivity index (χ4n) is 8.91. The molecule has 0 radical (unpaired) electrons. The summed E-state index contributed by atoms with van der Waals surface area (Å²) >= 11 is 0.